The van der Waals surface area contributed by atoms with Crippen LogP contribution in [0.4, 0.5) is 0 Å². The molecule has 0 aliphatic carbocycles. The van der Waals surface area contributed by atoms with Crippen molar-refractivity contribution in [2.24, 2.45) is 0 Å². The second-order valence-corrected chi connectivity index (χ2v) is 11.1. The number of hydrogen-bond acceptors (Lipinski definition) is 8. The van der Waals surface area contributed by atoms with Crippen molar-refractivity contribution in [1.82, 2.24) is 20.1 Å². The van der Waals surface area contributed by atoms with E-state index in [4.69, 9.17) is 10.3 Å². The first-order chi connectivity index (χ1) is 16.1. The first-order valence-electron chi connectivity index (χ1n) is 11.0. The minimum Gasteiger partial charge on any atom is -0.460 e. The number of Topliss-reactive ketones (excluding diaryl/α,β-unsaturated/α-hetero) is 1. The zero-order chi connectivity index (χ0) is 26.6. The Labute approximate surface area is 203 Å². The van der Waals surface area contributed by atoms with Crippen LogP contribution in [-0.2, 0) is 38.7 Å². The lowest BCUT2D eigenvalue weighted by molar-refractivity contribution is -0.176. The Balaban J connectivity index is 2.31. The Kier molecular flexibility index (Phi) is 8.87. The molecule has 194 valence electrons. The van der Waals surface area contributed by atoms with Crippen LogP contribution >= 0.6 is 0 Å². The van der Waals surface area contributed by atoms with Crippen LogP contribution in [0.3, 0.4) is 0 Å². The van der Waals surface area contributed by atoms with E-state index in [-0.39, 0.29) is 25.8 Å². The summed E-state index contributed by atoms with van der Waals surface area (Å²) in [4.78, 5) is 66.3. The number of sulfonamides is 1. The number of rotatable bonds is 8. The number of nitrogens with zero attached hydrogens (tertiary/aromatic N) is 4. The predicted octanol–water partition coefficient (Wildman–Crippen LogP) is -1.48. The third-order valence-corrected chi connectivity index (χ3v) is 5.87. The van der Waals surface area contributed by atoms with Crippen molar-refractivity contribution in [3.8, 4) is 0 Å². The molecule has 3 amide bonds. The van der Waals surface area contributed by atoms with Gasteiger partial charge >= 0.3 is 12.2 Å². The third kappa shape index (κ3) is 7.94. The zero-order valence-corrected chi connectivity index (χ0v) is 20.8. The number of hydrazine groups is 1. The van der Waals surface area contributed by atoms with E-state index < -0.39 is 69.6 Å². The van der Waals surface area contributed by atoms with Crippen LogP contribution in [0.2, 0.25) is 0 Å². The van der Waals surface area contributed by atoms with Crippen molar-refractivity contribution in [2.45, 2.75) is 76.6 Å². The molecule has 2 N–H and O–H groups in total. The number of amides is 3. The normalized spacial score (nSPS) is 21.8. The first kappa shape index (κ1) is 28.1. The van der Waals surface area contributed by atoms with Gasteiger partial charge in [-0.15, -0.1) is 0 Å². The smallest absolute Gasteiger partial charge is 0.325 e. The summed E-state index contributed by atoms with van der Waals surface area (Å²) in [5.74, 6) is -3.78. The summed E-state index contributed by atoms with van der Waals surface area (Å²) in [6.07, 6.45) is 1.11. The molecule has 2 aliphatic heterocycles. The largest absolute Gasteiger partial charge is 0.460 e. The Morgan fingerprint density at radius 1 is 1.26 bits per heavy atom. The molecule has 15 heteroatoms. The molecule has 0 aromatic carbocycles. The van der Waals surface area contributed by atoms with E-state index in [1.165, 1.54) is 0 Å². The van der Waals surface area contributed by atoms with Gasteiger partial charge in [-0.05, 0) is 40.0 Å². The molecule has 3 atom stereocenters. The van der Waals surface area contributed by atoms with Gasteiger partial charge in [0.25, 0.3) is 11.7 Å². The van der Waals surface area contributed by atoms with Crippen molar-refractivity contribution in [3.05, 3.63) is 5.53 Å². The highest BCUT2D eigenvalue weighted by Crippen LogP contribution is 2.25. The number of esters is 1. The maximum Gasteiger partial charge on any atom is 0.325 e. The van der Waals surface area contributed by atoms with E-state index in [1.54, 1.807) is 20.8 Å². The molecule has 2 fully saturated rings. The van der Waals surface area contributed by atoms with Crippen molar-refractivity contribution in [3.63, 3.8) is 0 Å². The fourth-order valence-electron chi connectivity index (χ4n) is 3.83. The van der Waals surface area contributed by atoms with E-state index in [1.807, 2.05) is 0 Å². The highest BCUT2D eigenvalue weighted by Gasteiger charge is 2.45. The molecule has 0 radical (unpaired) electrons. The maximum atomic E-state index is 13.2. The standard InChI is InChI=1S/C20H30N6O8S/c1-20(2,3)34-17(29)10-13(15(27)11-22-21)23-18(30)14-6-5-9-25-16(28)8-7-12(19(31)26(14)25)24-35(4,32)33/h11-14,24H,5-10H2,1-4H3,(H,23,30)/t12-,13-,14-/m0/s1. The Morgan fingerprint density at radius 2 is 1.91 bits per heavy atom. The summed E-state index contributed by atoms with van der Waals surface area (Å²) in [5, 5.41) is 4.41. The molecule has 0 aromatic rings. The van der Waals surface area contributed by atoms with Crippen LogP contribution < -0.4 is 10.0 Å². The van der Waals surface area contributed by atoms with Gasteiger partial charge in [0.2, 0.25) is 21.8 Å². The molecule has 0 spiro atoms. The minimum atomic E-state index is -3.79. The summed E-state index contributed by atoms with van der Waals surface area (Å²) in [6.45, 7) is 5.01. The highest BCUT2D eigenvalue weighted by atomic mass is 32.2. The molecule has 0 saturated carbocycles. The van der Waals surface area contributed by atoms with Gasteiger partial charge in [-0.1, -0.05) is 0 Å². The SMILES string of the molecule is CC(C)(C)OC(=O)C[C@H](NC(=O)[C@@H]1CCCN2C(=O)CC[C@H](NS(C)(=O)=O)C(=O)N12)C(=O)C=[N+]=[N-]. The average Bonchev–Trinajstić information content (AvgIpc) is 2.83. The van der Waals surface area contributed by atoms with Crippen molar-refractivity contribution < 1.29 is 41.9 Å². The number of fused-ring (bicyclic) bond motifs is 1. The predicted molar refractivity (Wildman–Crippen MR) is 120 cm³/mol. The minimum absolute atomic E-state index is 0.0845. The molecular formula is C20H30N6O8S. The third-order valence-electron chi connectivity index (χ3n) is 5.16. The number of hydrogen-bond donors (Lipinski definition) is 2. The molecule has 2 rings (SSSR count). The number of ether oxygens (including phenoxy) is 1. The topological polar surface area (TPSA) is 196 Å². The summed E-state index contributed by atoms with van der Waals surface area (Å²) in [6, 6.07) is -3.97. The molecule has 0 bridgehead atoms. The van der Waals surface area contributed by atoms with E-state index >= 15 is 0 Å². The van der Waals surface area contributed by atoms with Gasteiger partial charge in [0.1, 0.15) is 23.7 Å². The summed E-state index contributed by atoms with van der Waals surface area (Å²) >= 11 is 0. The van der Waals surface area contributed by atoms with Crippen LogP contribution in [0.15, 0.2) is 0 Å². The molecule has 14 nitrogen and oxygen atoms in total. The van der Waals surface area contributed by atoms with Crippen LogP contribution in [0.5, 0.6) is 0 Å². The average molecular weight is 515 g/mol. The zero-order valence-electron chi connectivity index (χ0n) is 20.0. The molecular weight excluding hydrogens is 484 g/mol. The summed E-state index contributed by atoms with van der Waals surface area (Å²) in [7, 11) is -3.79. The lowest BCUT2D eigenvalue weighted by atomic mass is 10.0. The van der Waals surface area contributed by atoms with Gasteiger partial charge in [0.05, 0.1) is 12.7 Å². The lowest BCUT2D eigenvalue weighted by Crippen LogP contribution is -2.64. The monoisotopic (exact) mass is 514 g/mol. The lowest BCUT2D eigenvalue weighted by Gasteiger charge is -2.43. The van der Waals surface area contributed by atoms with Crippen molar-refractivity contribution in [1.29, 1.82) is 0 Å². The van der Waals surface area contributed by atoms with Crippen LogP contribution in [0.1, 0.15) is 52.9 Å². The quantitative estimate of drug-likeness (QED) is 0.169. The molecule has 0 aromatic heterocycles. The van der Waals surface area contributed by atoms with Crippen molar-refractivity contribution in [2.75, 3.05) is 12.8 Å². The van der Waals surface area contributed by atoms with E-state index in [9.17, 15) is 32.4 Å². The van der Waals surface area contributed by atoms with Gasteiger partial charge in [-0.2, -0.15) is 4.79 Å². The van der Waals surface area contributed by atoms with Gasteiger partial charge in [0.15, 0.2) is 0 Å². The number of ketones is 1. The van der Waals surface area contributed by atoms with E-state index in [2.05, 4.69) is 14.8 Å². The second kappa shape index (κ2) is 11.1. The fourth-order valence-corrected chi connectivity index (χ4v) is 4.56. The van der Waals surface area contributed by atoms with Crippen LogP contribution in [0, 0.1) is 0 Å². The van der Waals surface area contributed by atoms with Crippen LogP contribution in [-0.4, -0.2) is 95.4 Å². The summed E-state index contributed by atoms with van der Waals surface area (Å²) < 4.78 is 30.8. The maximum absolute atomic E-state index is 13.2. The molecule has 2 aliphatic rings. The second-order valence-electron chi connectivity index (χ2n) is 9.34. The summed E-state index contributed by atoms with van der Waals surface area (Å²) in [5.41, 5.74) is 7.87. The number of carbonyl (C=O) groups is 5. The molecule has 35 heavy (non-hydrogen) atoms. The molecule has 0 unspecified atom stereocenters. The Hall–Kier alpha value is -3.16. The van der Waals surface area contributed by atoms with Gasteiger partial charge < -0.3 is 15.6 Å². The number of carbonyl (C=O) groups excluding carboxylic acids is 5. The van der Waals surface area contributed by atoms with Gasteiger partial charge in [-0.25, -0.2) is 18.1 Å². The van der Waals surface area contributed by atoms with Crippen LogP contribution in [0.25, 0.3) is 5.53 Å². The van der Waals surface area contributed by atoms with E-state index in [0.29, 0.717) is 12.6 Å². The molecule has 2 heterocycles. The Morgan fingerprint density at radius 3 is 2.49 bits per heavy atom. The van der Waals surface area contributed by atoms with Crippen molar-refractivity contribution >= 4 is 45.7 Å². The van der Waals surface area contributed by atoms with E-state index in [0.717, 1.165) is 16.3 Å². The molecule has 2 saturated heterocycles. The Bertz CT molecular complexity index is 1050. The van der Waals surface area contributed by atoms with Gasteiger partial charge in [-0.3, -0.25) is 29.0 Å². The fraction of sp³-hybridized carbons (Fsp3) is 0.700. The van der Waals surface area contributed by atoms with Gasteiger partial charge in [0, 0.05) is 13.0 Å². The highest BCUT2D eigenvalue weighted by molar-refractivity contribution is 7.88. The number of nitrogens with one attached hydrogen (secondary N) is 2. The first-order valence-corrected chi connectivity index (χ1v) is 12.9.